The number of carbonyl (C=O) groups is 1. The molecule has 0 fully saturated rings. The molecule has 0 aliphatic heterocycles. The summed E-state index contributed by atoms with van der Waals surface area (Å²) in [4.78, 5) is 24.9. The number of alkyl halides is 2. The van der Waals surface area contributed by atoms with Gasteiger partial charge in [-0.3, -0.25) is 10.3 Å². The Labute approximate surface area is 202 Å². The number of urea groups is 1. The van der Waals surface area contributed by atoms with Gasteiger partial charge in [0.05, 0.1) is 41.3 Å². The molecule has 0 spiro atoms. The predicted molar refractivity (Wildman–Crippen MR) is 129 cm³/mol. The fourth-order valence-electron chi connectivity index (χ4n) is 2.75. The van der Waals surface area contributed by atoms with Crippen molar-refractivity contribution in [3.8, 4) is 5.75 Å². The summed E-state index contributed by atoms with van der Waals surface area (Å²) < 4.78 is 30.7. The van der Waals surface area contributed by atoms with Crippen molar-refractivity contribution >= 4 is 57.7 Å². The quantitative estimate of drug-likeness (QED) is 0.198. The summed E-state index contributed by atoms with van der Waals surface area (Å²) in [6.07, 6.45) is 4.40. The zero-order valence-electron chi connectivity index (χ0n) is 17.4. The number of hydrogen-bond donors (Lipinski definition) is 3. The lowest BCUT2D eigenvalue weighted by Gasteiger charge is -2.14. The van der Waals surface area contributed by atoms with E-state index >= 15 is 0 Å². The Kier molecular flexibility index (Phi) is 8.40. The fraction of sp³-hybridized carbons (Fsp3) is 0.190. The van der Waals surface area contributed by atoms with E-state index in [-0.39, 0.29) is 11.8 Å². The van der Waals surface area contributed by atoms with Gasteiger partial charge in [0.25, 0.3) is 0 Å². The number of anilines is 1. The van der Waals surface area contributed by atoms with Gasteiger partial charge in [0, 0.05) is 24.5 Å². The highest BCUT2D eigenvalue weighted by molar-refractivity contribution is 14.1. The van der Waals surface area contributed by atoms with Crippen LogP contribution in [0.4, 0.5) is 19.4 Å². The number of allylic oxidation sites excluding steroid dienone is 1. The van der Waals surface area contributed by atoms with E-state index in [4.69, 9.17) is 5.41 Å². The summed E-state index contributed by atoms with van der Waals surface area (Å²) in [5, 5.41) is 13.0. The number of rotatable bonds is 9. The molecule has 1 aromatic carbocycles. The Morgan fingerprint density at radius 3 is 2.67 bits per heavy atom. The number of hydrogen-bond acceptors (Lipinski definition) is 7. The lowest BCUT2D eigenvalue weighted by Crippen LogP contribution is -2.28. The third kappa shape index (κ3) is 7.03. The van der Waals surface area contributed by atoms with E-state index in [1.807, 2.05) is 6.92 Å². The molecule has 33 heavy (non-hydrogen) atoms. The van der Waals surface area contributed by atoms with Crippen molar-refractivity contribution in [1.29, 1.82) is 5.41 Å². The van der Waals surface area contributed by atoms with E-state index < -0.39 is 6.61 Å². The molecule has 0 aliphatic rings. The molecule has 3 rings (SSSR count). The predicted octanol–water partition coefficient (Wildman–Crippen LogP) is 4.61. The Balaban J connectivity index is 1.76. The van der Waals surface area contributed by atoms with Gasteiger partial charge in [-0.05, 0) is 36.8 Å². The van der Waals surface area contributed by atoms with Crippen LogP contribution in [0.25, 0.3) is 16.7 Å². The molecule has 0 radical (unpaired) electrons. The van der Waals surface area contributed by atoms with Crippen LogP contribution in [-0.4, -0.2) is 43.5 Å². The average molecular weight is 567 g/mol. The van der Waals surface area contributed by atoms with Crippen LogP contribution < -0.4 is 15.4 Å². The van der Waals surface area contributed by atoms with Gasteiger partial charge >= 0.3 is 12.6 Å². The highest BCUT2D eigenvalue weighted by Gasteiger charge is 2.10. The second-order valence-corrected chi connectivity index (χ2v) is 7.83. The van der Waals surface area contributed by atoms with Crippen LogP contribution in [0.5, 0.6) is 5.75 Å². The van der Waals surface area contributed by atoms with Crippen LogP contribution in [-0.2, 0) is 6.54 Å². The number of pyridine rings is 1. The number of fused-ring (bicyclic) bond motifs is 1. The number of halogens is 3. The maximum Gasteiger partial charge on any atom is 0.387 e. The monoisotopic (exact) mass is 567 g/mol. The number of amides is 2. The molecule has 0 saturated heterocycles. The molecule has 0 bridgehead atoms. The van der Waals surface area contributed by atoms with E-state index in [0.717, 1.165) is 11.8 Å². The Bertz CT molecular complexity index is 1160. The van der Waals surface area contributed by atoms with Crippen LogP contribution in [0.1, 0.15) is 18.2 Å². The summed E-state index contributed by atoms with van der Waals surface area (Å²) in [7, 11) is 0. The molecule has 0 unspecified atom stereocenters. The molecule has 3 aromatic rings. The van der Waals surface area contributed by atoms with Crippen LogP contribution in [0.15, 0.2) is 48.8 Å². The van der Waals surface area contributed by atoms with E-state index in [0.29, 0.717) is 41.3 Å². The summed E-state index contributed by atoms with van der Waals surface area (Å²) in [5.74, 6) is 0.416. The van der Waals surface area contributed by atoms with Crippen molar-refractivity contribution < 1.29 is 18.3 Å². The molecule has 12 heteroatoms. The minimum absolute atomic E-state index is 0.0875. The van der Waals surface area contributed by atoms with Gasteiger partial charge in [0.2, 0.25) is 0 Å². The van der Waals surface area contributed by atoms with Gasteiger partial charge in [-0.1, -0.05) is 12.1 Å². The van der Waals surface area contributed by atoms with Crippen molar-refractivity contribution in [1.82, 2.24) is 23.4 Å². The molecule has 3 N–H and O–H groups in total. The summed E-state index contributed by atoms with van der Waals surface area (Å²) in [5.41, 5.74) is 2.65. The van der Waals surface area contributed by atoms with Crippen molar-refractivity contribution in [3.63, 3.8) is 0 Å². The molecule has 2 amide bonds. The Morgan fingerprint density at radius 1 is 1.24 bits per heavy atom. The third-order valence-corrected chi connectivity index (χ3v) is 4.82. The highest BCUT2D eigenvalue weighted by atomic mass is 127. The maximum atomic E-state index is 12.3. The highest BCUT2D eigenvalue weighted by Crippen LogP contribution is 2.20. The first-order valence-corrected chi connectivity index (χ1v) is 10.7. The van der Waals surface area contributed by atoms with E-state index in [9.17, 15) is 13.6 Å². The number of nitrogens with zero attached hydrogens (tertiary/aromatic N) is 4. The normalized spacial score (nSPS) is 11.4. The second kappa shape index (κ2) is 11.4. The molecule has 0 saturated carbocycles. The first kappa shape index (κ1) is 24.2. The number of carbonyl (C=O) groups excluding carboxylic acids is 1. The zero-order chi connectivity index (χ0) is 23.8. The smallest absolute Gasteiger partial charge is 0.387 e. The van der Waals surface area contributed by atoms with Crippen LogP contribution in [0.2, 0.25) is 0 Å². The Hall–Kier alpha value is -3.42. The van der Waals surface area contributed by atoms with Crippen molar-refractivity contribution in [3.05, 3.63) is 60.1 Å². The second-order valence-electron chi connectivity index (χ2n) is 6.59. The number of nitrogens with one attached hydrogen (secondary N) is 3. The molecule has 172 valence electrons. The van der Waals surface area contributed by atoms with E-state index in [1.54, 1.807) is 39.8 Å². The molecule has 2 heterocycles. The minimum atomic E-state index is -2.87. The number of benzene rings is 1. The average Bonchev–Trinajstić information content (AvgIpc) is 2.78. The van der Waals surface area contributed by atoms with Gasteiger partial charge in [-0.2, -0.15) is 8.78 Å². The summed E-state index contributed by atoms with van der Waals surface area (Å²) >= 11 is 2.07. The largest absolute Gasteiger partial charge is 0.435 e. The molecule has 9 nitrogen and oxygen atoms in total. The lowest BCUT2D eigenvalue weighted by molar-refractivity contribution is -0.0498. The summed E-state index contributed by atoms with van der Waals surface area (Å²) in [6, 6.07) is 9.27. The molecular weight excluding hydrogens is 547 g/mol. The molecular formula is C21H20F2IN7O2. The topological polar surface area (TPSA) is 116 Å². The van der Waals surface area contributed by atoms with Crippen molar-refractivity contribution in [2.75, 3.05) is 11.9 Å². The number of aromatic nitrogens is 3. The van der Waals surface area contributed by atoms with Crippen LogP contribution >= 0.6 is 22.9 Å². The van der Waals surface area contributed by atoms with Gasteiger partial charge in [0.15, 0.2) is 5.65 Å². The van der Waals surface area contributed by atoms with Crippen LogP contribution in [0, 0.1) is 5.41 Å². The maximum absolute atomic E-state index is 12.3. The first-order valence-electron chi connectivity index (χ1n) is 9.75. The van der Waals surface area contributed by atoms with Crippen molar-refractivity contribution in [2.24, 2.45) is 0 Å². The molecule has 0 aliphatic carbocycles. The fourth-order valence-corrected chi connectivity index (χ4v) is 3.45. The van der Waals surface area contributed by atoms with Gasteiger partial charge in [-0.25, -0.2) is 14.8 Å². The Morgan fingerprint density at radius 2 is 2.00 bits per heavy atom. The molecule has 2 aromatic heterocycles. The van der Waals surface area contributed by atoms with Gasteiger partial charge in [-0.15, -0.1) is 0 Å². The summed E-state index contributed by atoms with van der Waals surface area (Å²) in [6.45, 7) is -0.124. The standard InChI is InChI=1S/C21H20F2IN7O2/c1-2-26-21(32)30-18-8-7-16-19(29-18)28-17(10-27-16)14(9-25)12-31(24)11-13-3-5-15(6-4-13)33-20(22)23/h3-10,12,20,25H,2,11H2,1H3,(H2,26,28,29,30,32)/b14-12+,25-9?. The van der Waals surface area contributed by atoms with Crippen molar-refractivity contribution in [2.45, 2.75) is 20.1 Å². The minimum Gasteiger partial charge on any atom is -0.435 e. The number of ether oxygens (including phenoxy) is 1. The first-order chi connectivity index (χ1) is 15.9. The van der Waals surface area contributed by atoms with E-state index in [1.165, 1.54) is 12.1 Å². The van der Waals surface area contributed by atoms with E-state index in [2.05, 4.69) is 53.2 Å². The lowest BCUT2D eigenvalue weighted by atomic mass is 10.2. The third-order valence-electron chi connectivity index (χ3n) is 4.20. The van der Waals surface area contributed by atoms with Gasteiger partial charge < -0.3 is 18.6 Å². The SMILES string of the molecule is CCNC(=O)Nc1ccc2ncc(/C(C=N)=C/N(I)Cc3ccc(OC(F)F)cc3)nc2n1. The van der Waals surface area contributed by atoms with Gasteiger partial charge in [0.1, 0.15) is 17.1 Å². The molecule has 0 atom stereocenters. The zero-order valence-corrected chi connectivity index (χ0v) is 19.6. The van der Waals surface area contributed by atoms with Crippen LogP contribution in [0.3, 0.4) is 0 Å².